The number of anilines is 1. The van der Waals surface area contributed by atoms with E-state index in [0.29, 0.717) is 22.4 Å². The summed E-state index contributed by atoms with van der Waals surface area (Å²) in [4.78, 5) is 28.2. The summed E-state index contributed by atoms with van der Waals surface area (Å²) in [5, 5.41) is 5.31. The number of methoxy groups -OCH3 is 1. The van der Waals surface area contributed by atoms with Crippen molar-refractivity contribution in [3.63, 3.8) is 0 Å². The lowest BCUT2D eigenvalue weighted by Gasteiger charge is -2.09. The minimum atomic E-state index is -0.649. The van der Waals surface area contributed by atoms with E-state index >= 15 is 4.39 Å². The number of fused-ring (bicyclic) bond motifs is 1. The first-order chi connectivity index (χ1) is 15.0. The Bertz CT molecular complexity index is 1260. The molecule has 0 unspecified atom stereocenters. The molecule has 0 bridgehead atoms. The molecular weight excluding hydrogens is 426 g/mol. The van der Waals surface area contributed by atoms with Crippen molar-refractivity contribution in [1.29, 1.82) is 0 Å². The lowest BCUT2D eigenvalue weighted by Crippen LogP contribution is -2.28. The molecule has 0 radical (unpaired) electrons. The molecule has 0 atom stereocenters. The minimum Gasteiger partial charge on any atom is -0.467 e. The van der Waals surface area contributed by atoms with Gasteiger partial charge in [0.1, 0.15) is 17.0 Å². The van der Waals surface area contributed by atoms with Crippen LogP contribution in [0.4, 0.5) is 18.7 Å². The van der Waals surface area contributed by atoms with E-state index < -0.39 is 17.7 Å². The van der Waals surface area contributed by atoms with Crippen LogP contribution in [0, 0.1) is 11.6 Å². The van der Waals surface area contributed by atoms with Crippen molar-refractivity contribution >= 4 is 32.7 Å². The van der Waals surface area contributed by atoms with Crippen LogP contribution in [0.5, 0.6) is 6.01 Å². The van der Waals surface area contributed by atoms with Crippen LogP contribution in [0.1, 0.15) is 6.92 Å². The number of nitrogens with one attached hydrogen (secondary N) is 2. The van der Waals surface area contributed by atoms with Crippen molar-refractivity contribution in [3.8, 4) is 28.4 Å². The zero-order chi connectivity index (χ0) is 22.0. The number of thiazole rings is 1. The molecule has 1 aromatic carbocycles. The Balaban J connectivity index is 1.93. The monoisotopic (exact) mass is 442 g/mol. The van der Waals surface area contributed by atoms with Gasteiger partial charge in [0.25, 0.3) is 0 Å². The Labute approximate surface area is 179 Å². The van der Waals surface area contributed by atoms with Crippen molar-refractivity contribution in [2.24, 2.45) is 0 Å². The largest absolute Gasteiger partial charge is 0.467 e. The van der Waals surface area contributed by atoms with Gasteiger partial charge in [0.05, 0.1) is 11.8 Å². The van der Waals surface area contributed by atoms with Gasteiger partial charge in [-0.05, 0) is 25.1 Å². The summed E-state index contributed by atoms with van der Waals surface area (Å²) in [5.74, 6) is -1.22. The van der Waals surface area contributed by atoms with Crippen LogP contribution in [0.3, 0.4) is 0 Å². The van der Waals surface area contributed by atoms with E-state index in [1.165, 1.54) is 43.9 Å². The van der Waals surface area contributed by atoms with E-state index in [0.717, 1.165) is 11.3 Å². The molecule has 0 fully saturated rings. The van der Waals surface area contributed by atoms with Crippen LogP contribution in [0.25, 0.3) is 32.6 Å². The molecule has 0 spiro atoms. The highest BCUT2D eigenvalue weighted by atomic mass is 32.1. The molecule has 0 aliphatic rings. The van der Waals surface area contributed by atoms with Gasteiger partial charge in [-0.3, -0.25) is 10.3 Å². The lowest BCUT2D eigenvalue weighted by atomic mass is 10.0. The fourth-order valence-corrected chi connectivity index (χ4v) is 3.91. The number of urea groups is 1. The van der Waals surface area contributed by atoms with Gasteiger partial charge in [0.2, 0.25) is 0 Å². The third-order valence-corrected chi connectivity index (χ3v) is 5.30. The number of carbonyl (C=O) groups is 1. The second kappa shape index (κ2) is 8.56. The molecule has 2 N–H and O–H groups in total. The van der Waals surface area contributed by atoms with Crippen LogP contribution < -0.4 is 15.4 Å². The predicted octanol–water partition coefficient (Wildman–Crippen LogP) is 4.24. The van der Waals surface area contributed by atoms with Gasteiger partial charge < -0.3 is 10.1 Å². The summed E-state index contributed by atoms with van der Waals surface area (Å²) in [7, 11) is 1.42. The number of rotatable bonds is 5. The molecule has 31 heavy (non-hydrogen) atoms. The number of ether oxygens (including phenoxy) is 1. The smallest absolute Gasteiger partial charge is 0.321 e. The first-order valence-corrected chi connectivity index (χ1v) is 9.98. The van der Waals surface area contributed by atoms with Crippen LogP contribution >= 0.6 is 11.3 Å². The number of hydrogen-bond donors (Lipinski definition) is 2. The number of benzene rings is 1. The Kier molecular flexibility index (Phi) is 5.67. The number of aromatic nitrogens is 4. The maximum Gasteiger partial charge on any atom is 0.321 e. The average molecular weight is 442 g/mol. The highest BCUT2D eigenvalue weighted by Crippen LogP contribution is 2.40. The van der Waals surface area contributed by atoms with Gasteiger partial charge in [-0.25, -0.2) is 28.5 Å². The molecule has 0 saturated carbocycles. The van der Waals surface area contributed by atoms with Crippen molar-refractivity contribution in [2.45, 2.75) is 6.92 Å². The minimum absolute atomic E-state index is 0.0230. The summed E-state index contributed by atoms with van der Waals surface area (Å²) >= 11 is 1.02. The molecule has 2 amide bonds. The highest BCUT2D eigenvalue weighted by Gasteiger charge is 2.22. The Morgan fingerprint density at radius 3 is 2.65 bits per heavy atom. The topological polar surface area (TPSA) is 102 Å². The molecule has 158 valence electrons. The van der Waals surface area contributed by atoms with E-state index in [2.05, 4.69) is 30.6 Å². The average Bonchev–Trinajstić information content (AvgIpc) is 3.19. The summed E-state index contributed by atoms with van der Waals surface area (Å²) in [6.07, 6.45) is 4.24. The number of halogens is 2. The van der Waals surface area contributed by atoms with Crippen LogP contribution in [0.15, 0.2) is 36.8 Å². The number of amides is 2. The van der Waals surface area contributed by atoms with E-state index in [-0.39, 0.29) is 27.9 Å². The normalized spacial score (nSPS) is 10.8. The van der Waals surface area contributed by atoms with Crippen molar-refractivity contribution in [2.75, 3.05) is 19.0 Å². The molecular formula is C20H16F2N6O2S. The molecule has 3 heterocycles. The molecule has 11 heteroatoms. The van der Waals surface area contributed by atoms with Crippen LogP contribution in [-0.4, -0.2) is 39.6 Å². The second-order valence-corrected chi connectivity index (χ2v) is 7.26. The van der Waals surface area contributed by atoms with Gasteiger partial charge in [0, 0.05) is 41.8 Å². The van der Waals surface area contributed by atoms with E-state index in [1.807, 2.05) is 0 Å². The second-order valence-electron chi connectivity index (χ2n) is 6.26. The molecule has 3 aromatic heterocycles. The summed E-state index contributed by atoms with van der Waals surface area (Å²) in [6.45, 7) is 2.18. The number of nitrogens with zero attached hydrogens (tertiary/aromatic N) is 4. The zero-order valence-electron chi connectivity index (χ0n) is 16.4. The predicted molar refractivity (Wildman–Crippen MR) is 113 cm³/mol. The third-order valence-electron chi connectivity index (χ3n) is 4.30. The quantitative estimate of drug-likeness (QED) is 0.479. The summed E-state index contributed by atoms with van der Waals surface area (Å²) in [5.41, 5.74) is 0.817. The lowest BCUT2D eigenvalue weighted by molar-refractivity contribution is 0.252. The van der Waals surface area contributed by atoms with Crippen molar-refractivity contribution in [3.05, 3.63) is 48.4 Å². The fraction of sp³-hybridized carbons (Fsp3) is 0.150. The number of pyridine rings is 1. The van der Waals surface area contributed by atoms with Crippen LogP contribution in [-0.2, 0) is 0 Å². The number of carbonyl (C=O) groups excluding carboxylic acids is 1. The zero-order valence-corrected chi connectivity index (χ0v) is 17.3. The molecule has 0 saturated heterocycles. The van der Waals surface area contributed by atoms with Crippen molar-refractivity contribution < 1.29 is 18.3 Å². The van der Waals surface area contributed by atoms with Gasteiger partial charge in [-0.15, -0.1) is 0 Å². The maximum absolute atomic E-state index is 15.4. The molecule has 4 rings (SSSR count). The third kappa shape index (κ3) is 3.99. The summed E-state index contributed by atoms with van der Waals surface area (Å²) < 4.78 is 35.3. The summed E-state index contributed by atoms with van der Waals surface area (Å²) in [6, 6.07) is 3.86. The van der Waals surface area contributed by atoms with Gasteiger partial charge >= 0.3 is 12.0 Å². The first-order valence-electron chi connectivity index (χ1n) is 9.17. The standard InChI is InChI=1S/C20H16F2N6O2S/c1-3-23-18(29)28-20-27-16-14(22)11(10-8-25-19(30-2)26-9-10)7-12(17(16)31-20)15-13(21)5-4-6-24-15/h4-9H,3H2,1-2H3,(H2,23,27,28,29). The van der Waals surface area contributed by atoms with E-state index in [4.69, 9.17) is 4.74 Å². The fourth-order valence-electron chi connectivity index (χ4n) is 2.94. The SMILES string of the molecule is CCNC(=O)Nc1nc2c(F)c(-c3cnc(OC)nc3)cc(-c3ncccc3F)c2s1. The van der Waals surface area contributed by atoms with Gasteiger partial charge in [0.15, 0.2) is 10.9 Å². The van der Waals surface area contributed by atoms with Gasteiger partial charge in [-0.1, -0.05) is 11.3 Å². The molecule has 4 aromatic rings. The number of hydrogen-bond acceptors (Lipinski definition) is 7. The van der Waals surface area contributed by atoms with E-state index in [9.17, 15) is 9.18 Å². The van der Waals surface area contributed by atoms with Crippen molar-refractivity contribution in [1.82, 2.24) is 25.3 Å². The van der Waals surface area contributed by atoms with E-state index in [1.54, 1.807) is 6.92 Å². The molecule has 8 nitrogen and oxygen atoms in total. The highest BCUT2D eigenvalue weighted by molar-refractivity contribution is 7.22. The molecule has 0 aliphatic heterocycles. The molecule has 0 aliphatic carbocycles. The van der Waals surface area contributed by atoms with Gasteiger partial charge in [-0.2, -0.15) is 0 Å². The maximum atomic E-state index is 15.4. The first kappa shape index (κ1) is 20.5. The Hall–Kier alpha value is -3.73. The Morgan fingerprint density at radius 1 is 1.19 bits per heavy atom. The Morgan fingerprint density at radius 2 is 1.97 bits per heavy atom. The van der Waals surface area contributed by atoms with Crippen LogP contribution in [0.2, 0.25) is 0 Å².